The number of hydrogen-bond donors (Lipinski definition) is 1. The number of anilines is 1. The van der Waals surface area contributed by atoms with Crippen molar-refractivity contribution in [3.63, 3.8) is 0 Å². The van der Waals surface area contributed by atoms with E-state index in [0.717, 1.165) is 33.3 Å². The minimum atomic E-state index is -0.219. The first-order chi connectivity index (χ1) is 13.3. The molecule has 0 radical (unpaired) electrons. The Morgan fingerprint density at radius 1 is 0.889 bits per heavy atom. The summed E-state index contributed by atoms with van der Waals surface area (Å²) in [5.74, 6) is 1.19. The van der Waals surface area contributed by atoms with Gasteiger partial charge < -0.3 is 19.2 Å². The van der Waals surface area contributed by atoms with Crippen LogP contribution in [-0.4, -0.2) is 12.7 Å². The van der Waals surface area contributed by atoms with Crippen LogP contribution in [0, 0.1) is 0 Å². The lowest BCUT2D eigenvalue weighted by molar-refractivity contribution is -0.111. The zero-order valence-electron chi connectivity index (χ0n) is 14.3. The van der Waals surface area contributed by atoms with E-state index in [2.05, 4.69) is 5.32 Å². The van der Waals surface area contributed by atoms with E-state index in [1.54, 1.807) is 6.08 Å². The van der Waals surface area contributed by atoms with Crippen molar-refractivity contribution in [2.75, 3.05) is 12.1 Å². The van der Waals surface area contributed by atoms with E-state index >= 15 is 0 Å². The van der Waals surface area contributed by atoms with Crippen LogP contribution in [0.3, 0.4) is 0 Å². The molecule has 3 aromatic carbocycles. The zero-order valence-corrected chi connectivity index (χ0v) is 14.3. The quantitative estimate of drug-likeness (QED) is 0.526. The molecule has 1 amide bonds. The first-order valence-electron chi connectivity index (χ1n) is 8.56. The normalized spacial score (nSPS) is 12.9. The van der Waals surface area contributed by atoms with E-state index in [-0.39, 0.29) is 12.7 Å². The lowest BCUT2D eigenvalue weighted by atomic mass is 10.1. The summed E-state index contributed by atoms with van der Waals surface area (Å²) in [5.41, 5.74) is 3.12. The van der Waals surface area contributed by atoms with Crippen LogP contribution in [-0.2, 0) is 4.79 Å². The van der Waals surface area contributed by atoms with Crippen molar-refractivity contribution in [3.8, 4) is 11.5 Å². The number of furan rings is 1. The molecule has 5 rings (SSSR count). The summed E-state index contributed by atoms with van der Waals surface area (Å²) in [5, 5.41) is 4.95. The highest BCUT2D eigenvalue weighted by molar-refractivity contribution is 6.07. The number of benzene rings is 3. The van der Waals surface area contributed by atoms with Gasteiger partial charge in [0.1, 0.15) is 11.2 Å². The number of fused-ring (bicyclic) bond motifs is 4. The van der Waals surface area contributed by atoms with Gasteiger partial charge >= 0.3 is 0 Å². The molecule has 132 valence electrons. The molecular formula is C22H15NO4. The summed E-state index contributed by atoms with van der Waals surface area (Å²) in [6, 6.07) is 19.1. The minimum absolute atomic E-state index is 0.219. The molecule has 2 heterocycles. The molecule has 4 aromatic rings. The Kier molecular flexibility index (Phi) is 3.57. The standard InChI is InChI=1S/C22H15NO4/c24-22(10-6-14-5-9-19-21(11-14)26-13-25-19)23-15-7-8-17-16-3-1-2-4-18(16)27-20(17)12-15/h1-12H,13H2,(H,23,24)/b10-6+. The lowest BCUT2D eigenvalue weighted by Crippen LogP contribution is -2.07. The first kappa shape index (κ1) is 15.5. The number of carbonyl (C=O) groups excluding carboxylic acids is 1. The number of carbonyl (C=O) groups is 1. The fourth-order valence-electron chi connectivity index (χ4n) is 3.18. The molecule has 0 fully saturated rings. The summed E-state index contributed by atoms with van der Waals surface area (Å²) in [6.45, 7) is 0.229. The average molecular weight is 357 g/mol. The Morgan fingerprint density at radius 3 is 2.70 bits per heavy atom. The van der Waals surface area contributed by atoms with Gasteiger partial charge in [-0.25, -0.2) is 0 Å². The molecule has 1 aromatic heterocycles. The summed E-state index contributed by atoms with van der Waals surface area (Å²) >= 11 is 0. The number of hydrogen-bond acceptors (Lipinski definition) is 4. The van der Waals surface area contributed by atoms with Gasteiger partial charge in [0.25, 0.3) is 0 Å². The van der Waals surface area contributed by atoms with Crippen molar-refractivity contribution in [1.82, 2.24) is 0 Å². The van der Waals surface area contributed by atoms with Gasteiger partial charge in [0.15, 0.2) is 11.5 Å². The van der Waals surface area contributed by atoms with Gasteiger partial charge in [-0.15, -0.1) is 0 Å². The maximum atomic E-state index is 12.2. The third kappa shape index (κ3) is 2.89. The summed E-state index contributed by atoms with van der Waals surface area (Å²) in [6.07, 6.45) is 3.22. The van der Waals surface area contributed by atoms with Gasteiger partial charge in [0, 0.05) is 28.6 Å². The summed E-state index contributed by atoms with van der Waals surface area (Å²) < 4.78 is 16.5. The Bertz CT molecular complexity index is 1210. The van der Waals surface area contributed by atoms with E-state index in [4.69, 9.17) is 13.9 Å². The van der Waals surface area contributed by atoms with E-state index in [0.29, 0.717) is 11.4 Å². The van der Waals surface area contributed by atoms with Gasteiger partial charge in [-0.05, 0) is 42.0 Å². The molecule has 0 atom stereocenters. The number of amides is 1. The molecule has 0 saturated heterocycles. The monoisotopic (exact) mass is 357 g/mol. The molecule has 1 aliphatic heterocycles. The Hall–Kier alpha value is -3.73. The molecule has 27 heavy (non-hydrogen) atoms. The third-order valence-corrected chi connectivity index (χ3v) is 4.47. The van der Waals surface area contributed by atoms with E-state index in [9.17, 15) is 4.79 Å². The minimum Gasteiger partial charge on any atom is -0.456 e. The summed E-state index contributed by atoms with van der Waals surface area (Å²) in [4.78, 5) is 12.2. The molecule has 0 unspecified atom stereocenters. The van der Waals surface area contributed by atoms with Gasteiger partial charge in [0.2, 0.25) is 12.7 Å². The van der Waals surface area contributed by atoms with Crippen LogP contribution in [0.15, 0.2) is 71.2 Å². The van der Waals surface area contributed by atoms with Crippen molar-refractivity contribution >= 4 is 39.6 Å². The van der Waals surface area contributed by atoms with Crippen LogP contribution in [0.5, 0.6) is 11.5 Å². The smallest absolute Gasteiger partial charge is 0.248 e. The fourth-order valence-corrected chi connectivity index (χ4v) is 3.18. The summed E-state index contributed by atoms with van der Waals surface area (Å²) in [7, 11) is 0. The highest BCUT2D eigenvalue weighted by Gasteiger charge is 2.12. The molecule has 0 saturated carbocycles. The van der Waals surface area contributed by atoms with Crippen molar-refractivity contribution in [3.05, 3.63) is 72.3 Å². The second kappa shape index (κ2) is 6.21. The second-order valence-electron chi connectivity index (χ2n) is 6.24. The van der Waals surface area contributed by atoms with E-state index in [1.165, 1.54) is 6.08 Å². The highest BCUT2D eigenvalue weighted by atomic mass is 16.7. The van der Waals surface area contributed by atoms with Crippen LogP contribution in [0.4, 0.5) is 5.69 Å². The SMILES string of the molecule is O=C(/C=C/c1ccc2c(c1)OCO2)Nc1ccc2c(c1)oc1ccccc12. The van der Waals surface area contributed by atoms with Crippen LogP contribution in [0.25, 0.3) is 28.0 Å². The number of para-hydroxylation sites is 1. The third-order valence-electron chi connectivity index (χ3n) is 4.47. The van der Waals surface area contributed by atoms with Crippen molar-refractivity contribution in [2.24, 2.45) is 0 Å². The van der Waals surface area contributed by atoms with E-state index in [1.807, 2.05) is 60.7 Å². The predicted molar refractivity (Wildman–Crippen MR) is 104 cm³/mol. The molecule has 0 aliphatic carbocycles. The second-order valence-corrected chi connectivity index (χ2v) is 6.24. The van der Waals surface area contributed by atoms with Crippen LogP contribution < -0.4 is 14.8 Å². The Balaban J connectivity index is 1.35. The Labute approximate surface area is 154 Å². The maximum absolute atomic E-state index is 12.2. The molecule has 5 heteroatoms. The van der Waals surface area contributed by atoms with E-state index < -0.39 is 0 Å². The van der Waals surface area contributed by atoms with Gasteiger partial charge in [-0.3, -0.25) is 4.79 Å². The zero-order chi connectivity index (χ0) is 18.2. The number of ether oxygens (including phenoxy) is 2. The molecular weight excluding hydrogens is 342 g/mol. The number of rotatable bonds is 3. The van der Waals surface area contributed by atoms with Crippen LogP contribution >= 0.6 is 0 Å². The average Bonchev–Trinajstić information content (AvgIpc) is 3.29. The van der Waals surface area contributed by atoms with Crippen molar-refractivity contribution in [2.45, 2.75) is 0 Å². The molecule has 1 aliphatic rings. The highest BCUT2D eigenvalue weighted by Crippen LogP contribution is 2.33. The molecule has 5 nitrogen and oxygen atoms in total. The van der Waals surface area contributed by atoms with Crippen LogP contribution in [0.2, 0.25) is 0 Å². The van der Waals surface area contributed by atoms with Crippen LogP contribution in [0.1, 0.15) is 5.56 Å². The predicted octanol–water partition coefficient (Wildman–Crippen LogP) is 4.97. The topological polar surface area (TPSA) is 60.7 Å². The Morgan fingerprint density at radius 2 is 1.74 bits per heavy atom. The molecule has 0 bridgehead atoms. The lowest BCUT2D eigenvalue weighted by Gasteiger charge is -2.02. The van der Waals surface area contributed by atoms with Crippen molar-refractivity contribution < 1.29 is 18.7 Å². The fraction of sp³-hybridized carbons (Fsp3) is 0.0455. The number of nitrogens with one attached hydrogen (secondary N) is 1. The van der Waals surface area contributed by atoms with Gasteiger partial charge in [0.05, 0.1) is 0 Å². The molecule has 1 N–H and O–H groups in total. The van der Waals surface area contributed by atoms with Gasteiger partial charge in [-0.1, -0.05) is 24.3 Å². The van der Waals surface area contributed by atoms with Gasteiger partial charge in [-0.2, -0.15) is 0 Å². The molecule has 0 spiro atoms. The maximum Gasteiger partial charge on any atom is 0.248 e. The first-order valence-corrected chi connectivity index (χ1v) is 8.56. The largest absolute Gasteiger partial charge is 0.456 e. The van der Waals surface area contributed by atoms with Crippen molar-refractivity contribution in [1.29, 1.82) is 0 Å².